The Bertz CT molecular complexity index is 1730. The zero-order valence-electron chi connectivity index (χ0n) is 32.8. The van der Waals surface area contributed by atoms with Crippen molar-refractivity contribution in [1.82, 2.24) is 31.1 Å². The largest absolute Gasteiger partial charge is 0.378 e. The highest BCUT2D eigenvalue weighted by Gasteiger charge is 2.53. The number of Topliss-reactive ketones (excluding diaryl/α,β-unsaturated/α-hetero) is 1. The molecule has 16 heteroatoms. The first kappa shape index (κ1) is 44.3. The summed E-state index contributed by atoms with van der Waals surface area (Å²) in [4.78, 5) is 97.2. The van der Waals surface area contributed by atoms with Crippen LogP contribution in [0.5, 0.6) is 0 Å². The zero-order chi connectivity index (χ0) is 41.2. The van der Waals surface area contributed by atoms with Crippen LogP contribution < -0.4 is 21.3 Å². The van der Waals surface area contributed by atoms with Crippen LogP contribution >= 0.6 is 23.5 Å². The van der Waals surface area contributed by atoms with Gasteiger partial charge in [-0.25, -0.2) is 0 Å². The molecular weight excluding hydrogens is 757 g/mol. The number of nitrogens with zero attached hydrogens (tertiary/aromatic N) is 2. The van der Waals surface area contributed by atoms with Gasteiger partial charge in [-0.3, -0.25) is 33.6 Å². The maximum Gasteiger partial charge on any atom is 0.290 e. The van der Waals surface area contributed by atoms with Crippen LogP contribution in [0.1, 0.15) is 76.7 Å². The molecule has 0 bridgehead atoms. The predicted molar refractivity (Wildman–Crippen MR) is 216 cm³/mol. The van der Waals surface area contributed by atoms with E-state index in [1.807, 2.05) is 0 Å². The number of likely N-dealkylation sites (N-methyl/N-ethyl adjacent to an activating group) is 1. The normalized spacial score (nSPS) is 18.5. The van der Waals surface area contributed by atoms with Crippen molar-refractivity contribution < 1.29 is 38.7 Å². The molecule has 2 aliphatic rings. The number of benzene rings is 2. The SMILES string of the molecule is CCCC(NC(=O)[C@@H]1CC2(CN1C(=O)[C@@H](NC(=O)[C@@H](O)c1ccccc1)C(C)(C)C)SCCCS2)C(=O)C(=O)NCC(=O)NC(C(=O)N(C)C)c1ccccc1. The maximum absolute atomic E-state index is 14.5. The Hall–Kier alpha value is -4.41. The molecule has 56 heavy (non-hydrogen) atoms. The van der Waals surface area contributed by atoms with Crippen LogP contribution in [0.4, 0.5) is 0 Å². The number of nitrogens with one attached hydrogen (secondary N) is 4. The minimum absolute atomic E-state index is 0.116. The van der Waals surface area contributed by atoms with E-state index in [0.717, 1.165) is 17.9 Å². The molecule has 0 aliphatic carbocycles. The third kappa shape index (κ3) is 11.3. The molecule has 2 unspecified atom stereocenters. The molecule has 14 nitrogen and oxygen atoms in total. The van der Waals surface area contributed by atoms with Crippen LogP contribution in [-0.4, -0.2) is 117 Å². The molecule has 5 atom stereocenters. The molecular formula is C40H54N6O8S2. The molecule has 2 aromatic carbocycles. The van der Waals surface area contributed by atoms with Gasteiger partial charge in [0.25, 0.3) is 11.8 Å². The van der Waals surface area contributed by atoms with E-state index in [0.29, 0.717) is 17.5 Å². The number of ketones is 1. The molecule has 304 valence electrons. The lowest BCUT2D eigenvalue weighted by atomic mass is 9.85. The second-order valence-electron chi connectivity index (χ2n) is 15.3. The van der Waals surface area contributed by atoms with Crippen LogP contribution in [0.25, 0.3) is 0 Å². The maximum atomic E-state index is 14.5. The Morgan fingerprint density at radius 1 is 0.893 bits per heavy atom. The number of rotatable bonds is 15. The third-order valence-corrected chi connectivity index (χ3v) is 13.0. The van der Waals surface area contributed by atoms with E-state index in [-0.39, 0.29) is 25.3 Å². The number of likely N-dealkylation sites (tertiary alicyclic amines) is 1. The van der Waals surface area contributed by atoms with Crippen molar-refractivity contribution in [1.29, 1.82) is 0 Å². The molecule has 5 N–H and O–H groups in total. The quantitative estimate of drug-likeness (QED) is 0.167. The Morgan fingerprint density at radius 3 is 2.04 bits per heavy atom. The molecule has 2 saturated heterocycles. The molecule has 0 radical (unpaired) electrons. The molecule has 0 saturated carbocycles. The monoisotopic (exact) mass is 810 g/mol. The van der Waals surface area contributed by atoms with E-state index in [1.54, 1.807) is 126 Å². The lowest BCUT2D eigenvalue weighted by molar-refractivity contribution is -0.146. The van der Waals surface area contributed by atoms with Crippen LogP contribution in [0.15, 0.2) is 60.7 Å². The van der Waals surface area contributed by atoms with E-state index >= 15 is 0 Å². The van der Waals surface area contributed by atoms with Crippen molar-refractivity contribution in [3.63, 3.8) is 0 Å². The van der Waals surface area contributed by atoms with Gasteiger partial charge in [0.1, 0.15) is 18.1 Å². The molecule has 2 aliphatic heterocycles. The van der Waals surface area contributed by atoms with Gasteiger partial charge >= 0.3 is 0 Å². The third-order valence-electron chi connectivity index (χ3n) is 9.63. The van der Waals surface area contributed by atoms with Crippen molar-refractivity contribution in [2.75, 3.05) is 38.7 Å². The van der Waals surface area contributed by atoms with Crippen LogP contribution in [-0.2, 0) is 33.6 Å². The van der Waals surface area contributed by atoms with E-state index in [1.165, 1.54) is 9.80 Å². The first-order valence-corrected chi connectivity index (χ1v) is 20.7. The van der Waals surface area contributed by atoms with Crippen LogP contribution in [0, 0.1) is 5.41 Å². The lowest BCUT2D eigenvalue weighted by Crippen LogP contribution is -2.59. The van der Waals surface area contributed by atoms with E-state index in [9.17, 15) is 38.7 Å². The fourth-order valence-corrected chi connectivity index (χ4v) is 9.94. The van der Waals surface area contributed by atoms with Gasteiger partial charge in [0.05, 0.1) is 16.7 Å². The molecule has 2 fully saturated rings. The topological polar surface area (TPSA) is 194 Å². The lowest BCUT2D eigenvalue weighted by Gasteiger charge is -2.36. The van der Waals surface area contributed by atoms with Crippen molar-refractivity contribution >= 4 is 64.8 Å². The van der Waals surface area contributed by atoms with Gasteiger partial charge in [-0.05, 0) is 40.9 Å². The summed E-state index contributed by atoms with van der Waals surface area (Å²) in [6.45, 7) is 6.76. The number of aliphatic hydroxyl groups is 1. The summed E-state index contributed by atoms with van der Waals surface area (Å²) in [6.07, 6.45) is 0.279. The average molecular weight is 811 g/mol. The number of thioether (sulfide) groups is 2. The van der Waals surface area contributed by atoms with Gasteiger partial charge < -0.3 is 36.2 Å². The van der Waals surface area contributed by atoms with Crippen LogP contribution in [0.2, 0.25) is 0 Å². The molecule has 2 aromatic rings. The Balaban J connectivity index is 1.49. The van der Waals surface area contributed by atoms with E-state index < -0.39 is 81.6 Å². The zero-order valence-corrected chi connectivity index (χ0v) is 34.5. The van der Waals surface area contributed by atoms with Gasteiger partial charge in [-0.2, -0.15) is 0 Å². The summed E-state index contributed by atoms with van der Waals surface area (Å²) < 4.78 is -0.494. The minimum atomic E-state index is -1.52. The number of carbonyl (C=O) groups excluding carboxylic acids is 7. The predicted octanol–water partition coefficient (Wildman–Crippen LogP) is 2.33. The Kier molecular flexibility index (Phi) is 15.5. The molecule has 0 aromatic heterocycles. The fourth-order valence-electron chi connectivity index (χ4n) is 6.59. The average Bonchev–Trinajstić information content (AvgIpc) is 3.55. The Morgan fingerprint density at radius 2 is 1.48 bits per heavy atom. The van der Waals surface area contributed by atoms with Gasteiger partial charge in [0, 0.05) is 27.1 Å². The number of amides is 6. The molecule has 1 spiro atoms. The molecule has 6 amide bonds. The second-order valence-corrected chi connectivity index (χ2v) is 18.5. The van der Waals surface area contributed by atoms with Crippen molar-refractivity contribution in [3.8, 4) is 0 Å². The van der Waals surface area contributed by atoms with Crippen molar-refractivity contribution in [3.05, 3.63) is 71.8 Å². The summed E-state index contributed by atoms with van der Waals surface area (Å²) in [5, 5.41) is 21.2. The van der Waals surface area contributed by atoms with Gasteiger partial charge in [0.2, 0.25) is 29.4 Å². The molecule has 4 rings (SSSR count). The van der Waals surface area contributed by atoms with Gasteiger partial charge in [-0.15, -0.1) is 23.5 Å². The minimum Gasteiger partial charge on any atom is -0.378 e. The van der Waals surface area contributed by atoms with Gasteiger partial charge in [-0.1, -0.05) is 94.8 Å². The Labute approximate surface area is 337 Å². The first-order valence-electron chi connectivity index (χ1n) is 18.8. The van der Waals surface area contributed by atoms with Crippen molar-refractivity contribution in [2.45, 2.75) is 87.7 Å². The summed E-state index contributed by atoms with van der Waals surface area (Å²) in [5.74, 6) is -3.32. The highest BCUT2D eigenvalue weighted by molar-refractivity contribution is 8.18. The smallest absolute Gasteiger partial charge is 0.290 e. The summed E-state index contributed by atoms with van der Waals surface area (Å²) in [6, 6.07) is 12.6. The van der Waals surface area contributed by atoms with Crippen molar-refractivity contribution in [2.24, 2.45) is 5.41 Å². The highest BCUT2D eigenvalue weighted by Crippen LogP contribution is 2.50. The number of hydrogen-bond donors (Lipinski definition) is 5. The fraction of sp³-hybridized carbons (Fsp3) is 0.525. The number of hydrogen-bond acceptors (Lipinski definition) is 10. The van der Waals surface area contributed by atoms with Crippen LogP contribution in [0.3, 0.4) is 0 Å². The molecule has 2 heterocycles. The summed E-state index contributed by atoms with van der Waals surface area (Å²) >= 11 is 3.35. The first-order chi connectivity index (χ1) is 26.5. The summed E-state index contributed by atoms with van der Waals surface area (Å²) in [7, 11) is 3.11. The van der Waals surface area contributed by atoms with E-state index in [4.69, 9.17) is 0 Å². The second kappa shape index (κ2) is 19.6. The van der Waals surface area contributed by atoms with E-state index in [2.05, 4.69) is 21.3 Å². The standard InChI is InChI=1S/C40H54N6O8S2/c1-7-15-27(32(49)35(51)41-23-29(47)43-30(37(53)45(5)6)25-16-10-8-11-17-25)42-34(50)28-22-40(55-20-14-21-56-40)24-46(28)38(54)33(39(2,3)4)44-36(52)31(48)26-18-12-9-13-19-26/h8-13,16-19,27-28,30-31,33,48H,7,14-15,20-24H2,1-6H3,(H,41,51)(H,42,50)(H,43,47)(H,44,52)/t27?,28-,30?,31-,33+/m0/s1. The summed E-state index contributed by atoms with van der Waals surface area (Å²) in [5.41, 5.74) is 0.0862. The number of aliphatic hydroxyl groups excluding tert-OH is 1. The highest BCUT2D eigenvalue weighted by atomic mass is 32.2. The number of carbonyl (C=O) groups is 7. The van der Waals surface area contributed by atoms with Gasteiger partial charge in [0.15, 0.2) is 6.10 Å².